The Bertz CT molecular complexity index is 681. The Morgan fingerprint density at radius 3 is 2.65 bits per heavy atom. The second kappa shape index (κ2) is 5.08. The zero-order valence-corrected chi connectivity index (χ0v) is 10.5. The number of anilines is 1. The third kappa shape index (κ3) is 3.23. The van der Waals surface area contributed by atoms with E-state index in [1.807, 2.05) is 0 Å². The molecule has 0 atom stereocenters. The van der Waals surface area contributed by atoms with E-state index < -0.39 is 18.1 Å². The first-order valence-electron chi connectivity index (χ1n) is 5.25. The number of benzene rings is 1. The summed E-state index contributed by atoms with van der Waals surface area (Å²) in [7, 11) is 0. The molecule has 0 bridgehead atoms. The van der Waals surface area contributed by atoms with Crippen molar-refractivity contribution < 1.29 is 27.9 Å². The molecule has 2 aromatic rings. The zero-order valence-electron chi connectivity index (χ0n) is 9.69. The molecule has 1 aromatic heterocycles. The second-order valence-corrected chi connectivity index (χ2v) is 4.87. The lowest BCUT2D eigenvalue weighted by atomic mass is 10.1. The first-order chi connectivity index (χ1) is 9.25. The fraction of sp³-hybridized carbons (Fsp3) is 0.182. The van der Waals surface area contributed by atoms with Crippen molar-refractivity contribution in [2.45, 2.75) is 12.6 Å². The summed E-state index contributed by atoms with van der Waals surface area (Å²) < 4.78 is 36.8. The molecule has 106 valence electrons. The van der Waals surface area contributed by atoms with Crippen LogP contribution in [0, 0.1) is 0 Å². The van der Waals surface area contributed by atoms with Crippen molar-refractivity contribution in [3.8, 4) is 0 Å². The van der Waals surface area contributed by atoms with Gasteiger partial charge in [-0.3, -0.25) is 14.9 Å². The number of fused-ring (bicyclic) bond motifs is 1. The van der Waals surface area contributed by atoms with Crippen molar-refractivity contribution in [2.24, 2.45) is 0 Å². The van der Waals surface area contributed by atoms with Gasteiger partial charge in [-0.05, 0) is 17.7 Å². The minimum absolute atomic E-state index is 0.185. The van der Waals surface area contributed by atoms with E-state index in [1.54, 1.807) is 5.32 Å². The van der Waals surface area contributed by atoms with Crippen LogP contribution in [0.15, 0.2) is 18.2 Å². The number of aromatic nitrogens is 1. The molecule has 1 aromatic carbocycles. The molecular weight excluding hydrogens is 297 g/mol. The number of carboxylic acids is 1. The summed E-state index contributed by atoms with van der Waals surface area (Å²) in [6.07, 6.45) is -5.18. The summed E-state index contributed by atoms with van der Waals surface area (Å²) in [5.41, 5.74) is 0.893. The van der Waals surface area contributed by atoms with E-state index in [2.05, 4.69) is 4.98 Å². The van der Waals surface area contributed by atoms with Crippen LogP contribution in [-0.2, 0) is 16.0 Å². The predicted molar refractivity (Wildman–Crippen MR) is 65.6 cm³/mol. The molecule has 0 spiro atoms. The number of alkyl halides is 3. The van der Waals surface area contributed by atoms with Crippen LogP contribution in [0.2, 0.25) is 0 Å². The third-order valence-electron chi connectivity index (χ3n) is 2.29. The van der Waals surface area contributed by atoms with E-state index in [0.717, 1.165) is 11.3 Å². The summed E-state index contributed by atoms with van der Waals surface area (Å²) in [6.45, 7) is 0. The number of nitrogens with one attached hydrogen (secondary N) is 1. The van der Waals surface area contributed by atoms with Gasteiger partial charge in [-0.1, -0.05) is 17.4 Å². The molecule has 1 heterocycles. The van der Waals surface area contributed by atoms with Crippen molar-refractivity contribution in [3.05, 3.63) is 23.8 Å². The van der Waals surface area contributed by atoms with Gasteiger partial charge in [0, 0.05) is 0 Å². The minimum atomic E-state index is -4.98. The smallest absolute Gasteiger partial charge is 0.471 e. The molecule has 0 aliphatic heterocycles. The summed E-state index contributed by atoms with van der Waals surface area (Å²) in [4.78, 5) is 25.2. The number of hydrogen-bond acceptors (Lipinski definition) is 4. The maximum Gasteiger partial charge on any atom is 0.471 e. The molecular formula is C11H7F3N2O3S. The average Bonchev–Trinajstić information content (AvgIpc) is 2.68. The van der Waals surface area contributed by atoms with Crippen LogP contribution in [0.4, 0.5) is 18.3 Å². The molecule has 2 rings (SSSR count). The molecule has 9 heteroatoms. The zero-order chi connectivity index (χ0) is 14.9. The maximum absolute atomic E-state index is 12.1. The van der Waals surface area contributed by atoms with Crippen LogP contribution in [0.25, 0.3) is 10.2 Å². The van der Waals surface area contributed by atoms with Gasteiger partial charge in [0.05, 0.1) is 16.6 Å². The maximum atomic E-state index is 12.1. The second-order valence-electron chi connectivity index (χ2n) is 3.84. The average molecular weight is 304 g/mol. The summed E-state index contributed by atoms with van der Waals surface area (Å²) in [6, 6.07) is 4.53. The number of amides is 1. The molecule has 0 saturated heterocycles. The molecule has 0 aliphatic rings. The van der Waals surface area contributed by atoms with Gasteiger partial charge in [-0.25, -0.2) is 4.98 Å². The lowest BCUT2D eigenvalue weighted by Gasteiger charge is -2.03. The Balaban J connectivity index is 2.25. The number of hydrogen-bond donors (Lipinski definition) is 2. The minimum Gasteiger partial charge on any atom is -0.481 e. The van der Waals surface area contributed by atoms with Crippen LogP contribution in [-0.4, -0.2) is 28.1 Å². The number of halogens is 3. The monoisotopic (exact) mass is 304 g/mol. The van der Waals surface area contributed by atoms with E-state index in [9.17, 15) is 22.8 Å². The van der Waals surface area contributed by atoms with Gasteiger partial charge in [0.25, 0.3) is 0 Å². The number of aliphatic carboxylic acids is 1. The number of carboxylic acid groups (broad SMARTS) is 1. The Morgan fingerprint density at radius 1 is 1.35 bits per heavy atom. The van der Waals surface area contributed by atoms with Gasteiger partial charge in [0.15, 0.2) is 5.13 Å². The first kappa shape index (κ1) is 14.3. The highest BCUT2D eigenvalue weighted by Gasteiger charge is 2.39. The topological polar surface area (TPSA) is 79.3 Å². The van der Waals surface area contributed by atoms with Gasteiger partial charge in [0.2, 0.25) is 0 Å². The summed E-state index contributed by atoms with van der Waals surface area (Å²) in [5.74, 6) is -3.11. The molecule has 0 radical (unpaired) electrons. The van der Waals surface area contributed by atoms with Crippen molar-refractivity contribution in [2.75, 3.05) is 5.32 Å². The largest absolute Gasteiger partial charge is 0.481 e. The van der Waals surface area contributed by atoms with E-state index >= 15 is 0 Å². The summed E-state index contributed by atoms with van der Waals surface area (Å²) >= 11 is 0.847. The molecule has 0 saturated carbocycles. The Kier molecular flexibility index (Phi) is 3.62. The van der Waals surface area contributed by atoms with Crippen molar-refractivity contribution >= 4 is 38.6 Å². The molecule has 2 N–H and O–H groups in total. The summed E-state index contributed by atoms with van der Waals surface area (Å²) in [5, 5.41) is 10.1. The highest BCUT2D eigenvalue weighted by Crippen LogP contribution is 2.28. The fourth-order valence-electron chi connectivity index (χ4n) is 1.48. The van der Waals surface area contributed by atoms with E-state index in [-0.39, 0.29) is 11.6 Å². The number of carbonyl (C=O) groups is 2. The molecule has 0 unspecified atom stereocenters. The van der Waals surface area contributed by atoms with Crippen molar-refractivity contribution in [1.82, 2.24) is 4.98 Å². The number of thiazole rings is 1. The number of nitrogens with zero attached hydrogens (tertiary/aromatic N) is 1. The van der Waals surface area contributed by atoms with Gasteiger partial charge < -0.3 is 5.11 Å². The standard InChI is InChI=1S/C11H7F3N2O3S/c12-11(13,14)9(19)16-10-15-6-2-1-5(4-8(17)18)3-7(6)20-10/h1-3H,4H2,(H,17,18)(H,15,16,19). The van der Waals surface area contributed by atoms with Crippen LogP contribution in [0.3, 0.4) is 0 Å². The molecule has 1 amide bonds. The van der Waals surface area contributed by atoms with Crippen LogP contribution in [0.1, 0.15) is 5.56 Å². The first-order valence-corrected chi connectivity index (χ1v) is 6.07. The van der Waals surface area contributed by atoms with Crippen LogP contribution in [0.5, 0.6) is 0 Å². The van der Waals surface area contributed by atoms with Gasteiger partial charge in [0.1, 0.15) is 0 Å². The fourth-order valence-corrected chi connectivity index (χ4v) is 2.40. The Hall–Kier alpha value is -2.16. The highest BCUT2D eigenvalue weighted by atomic mass is 32.1. The number of rotatable bonds is 3. The van der Waals surface area contributed by atoms with Crippen LogP contribution < -0.4 is 5.32 Å². The lowest BCUT2D eigenvalue weighted by molar-refractivity contribution is -0.167. The normalized spacial score (nSPS) is 11.6. The van der Waals surface area contributed by atoms with Gasteiger partial charge in [-0.15, -0.1) is 0 Å². The van der Waals surface area contributed by atoms with Crippen molar-refractivity contribution in [1.29, 1.82) is 0 Å². The third-order valence-corrected chi connectivity index (χ3v) is 3.22. The quantitative estimate of drug-likeness (QED) is 0.912. The van der Waals surface area contributed by atoms with Crippen molar-refractivity contribution in [3.63, 3.8) is 0 Å². The predicted octanol–water partition coefficient (Wildman–Crippen LogP) is 2.42. The van der Waals surface area contributed by atoms with Gasteiger partial charge in [-0.2, -0.15) is 13.2 Å². The lowest BCUT2D eigenvalue weighted by Crippen LogP contribution is -2.29. The molecule has 20 heavy (non-hydrogen) atoms. The van der Waals surface area contributed by atoms with E-state index in [1.165, 1.54) is 18.2 Å². The van der Waals surface area contributed by atoms with Crippen LogP contribution >= 0.6 is 11.3 Å². The molecule has 0 aliphatic carbocycles. The molecule has 5 nitrogen and oxygen atoms in total. The Labute approximate surface area is 114 Å². The molecule has 0 fully saturated rings. The highest BCUT2D eigenvalue weighted by molar-refractivity contribution is 7.22. The SMILES string of the molecule is O=C(O)Cc1ccc2nc(NC(=O)C(F)(F)F)sc2c1. The Morgan fingerprint density at radius 2 is 2.05 bits per heavy atom. The number of carbonyl (C=O) groups excluding carboxylic acids is 1. The van der Waals surface area contributed by atoms with Gasteiger partial charge >= 0.3 is 18.1 Å². The van der Waals surface area contributed by atoms with E-state index in [0.29, 0.717) is 15.8 Å². The van der Waals surface area contributed by atoms with E-state index in [4.69, 9.17) is 5.11 Å².